The number of hydrogen-bond donors (Lipinski definition) is 0. The summed E-state index contributed by atoms with van der Waals surface area (Å²) in [5, 5.41) is 1.13. The van der Waals surface area contributed by atoms with Crippen molar-refractivity contribution in [1.29, 1.82) is 0 Å². The van der Waals surface area contributed by atoms with Crippen molar-refractivity contribution in [3.05, 3.63) is 17.7 Å². The van der Waals surface area contributed by atoms with Gasteiger partial charge < -0.3 is 9.47 Å². The number of pyridine rings is 1. The van der Waals surface area contributed by atoms with Gasteiger partial charge in [-0.05, 0) is 20.8 Å². The van der Waals surface area contributed by atoms with Crippen molar-refractivity contribution < 1.29 is 19.1 Å². The average Bonchev–Trinajstić information content (AvgIpc) is 2.36. The standard InChI is InChI=1S/C13H20N2O4/c1-6-18-11-7-10(13(16)15(4)17-5)8-12(14-11)19-9(2)3/h7-9H,6H2,1-5H3. The van der Waals surface area contributed by atoms with E-state index >= 15 is 0 Å². The van der Waals surface area contributed by atoms with Crippen molar-refractivity contribution in [3.8, 4) is 11.8 Å². The van der Waals surface area contributed by atoms with E-state index in [0.29, 0.717) is 23.9 Å². The van der Waals surface area contributed by atoms with Crippen molar-refractivity contribution in [2.24, 2.45) is 0 Å². The Hall–Kier alpha value is -1.82. The van der Waals surface area contributed by atoms with E-state index in [1.807, 2.05) is 20.8 Å². The van der Waals surface area contributed by atoms with Crippen LogP contribution in [0.2, 0.25) is 0 Å². The third-order valence-corrected chi connectivity index (χ3v) is 2.23. The second-order valence-corrected chi connectivity index (χ2v) is 4.12. The summed E-state index contributed by atoms with van der Waals surface area (Å²) in [6.45, 7) is 6.09. The molecule has 0 atom stereocenters. The molecule has 1 rings (SSSR count). The second-order valence-electron chi connectivity index (χ2n) is 4.12. The van der Waals surface area contributed by atoms with Gasteiger partial charge in [-0.15, -0.1) is 0 Å². The minimum absolute atomic E-state index is 0.0347. The Balaban J connectivity index is 3.08. The first-order valence-corrected chi connectivity index (χ1v) is 6.11. The van der Waals surface area contributed by atoms with Gasteiger partial charge in [-0.3, -0.25) is 9.63 Å². The minimum Gasteiger partial charge on any atom is -0.478 e. The molecule has 0 aliphatic carbocycles. The summed E-state index contributed by atoms with van der Waals surface area (Å²) < 4.78 is 10.8. The van der Waals surface area contributed by atoms with Gasteiger partial charge in [-0.2, -0.15) is 4.98 Å². The fourth-order valence-electron chi connectivity index (χ4n) is 1.39. The molecule has 0 radical (unpaired) electrons. The quantitative estimate of drug-likeness (QED) is 0.737. The van der Waals surface area contributed by atoms with Gasteiger partial charge in [0, 0.05) is 19.2 Å². The third-order valence-electron chi connectivity index (χ3n) is 2.23. The summed E-state index contributed by atoms with van der Waals surface area (Å²) in [6, 6.07) is 3.13. The van der Waals surface area contributed by atoms with Crippen LogP contribution in [0.4, 0.5) is 0 Å². The molecule has 0 aromatic carbocycles. The molecule has 1 aromatic heterocycles. The summed E-state index contributed by atoms with van der Waals surface area (Å²) in [7, 11) is 2.96. The molecule has 6 heteroatoms. The smallest absolute Gasteiger partial charge is 0.277 e. The summed E-state index contributed by atoms with van der Waals surface area (Å²) >= 11 is 0. The van der Waals surface area contributed by atoms with E-state index in [1.54, 1.807) is 12.1 Å². The number of carbonyl (C=O) groups is 1. The van der Waals surface area contributed by atoms with Crippen molar-refractivity contribution in [3.63, 3.8) is 0 Å². The van der Waals surface area contributed by atoms with Crippen LogP contribution in [0.3, 0.4) is 0 Å². The van der Waals surface area contributed by atoms with E-state index in [4.69, 9.17) is 14.3 Å². The molecule has 6 nitrogen and oxygen atoms in total. The molecule has 19 heavy (non-hydrogen) atoms. The highest BCUT2D eigenvalue weighted by Gasteiger charge is 2.15. The van der Waals surface area contributed by atoms with Crippen LogP contribution >= 0.6 is 0 Å². The second kappa shape index (κ2) is 6.94. The predicted molar refractivity (Wildman–Crippen MR) is 70.3 cm³/mol. The molecular formula is C13H20N2O4. The number of amides is 1. The van der Waals surface area contributed by atoms with Crippen molar-refractivity contribution in [2.75, 3.05) is 20.8 Å². The monoisotopic (exact) mass is 268 g/mol. The summed E-state index contributed by atoms with van der Waals surface area (Å²) in [6.07, 6.45) is -0.0347. The van der Waals surface area contributed by atoms with Gasteiger partial charge in [0.25, 0.3) is 5.91 Å². The molecule has 0 spiro atoms. The fraction of sp³-hybridized carbons (Fsp3) is 0.538. The molecular weight excluding hydrogens is 248 g/mol. The van der Waals surface area contributed by atoms with E-state index in [1.165, 1.54) is 14.2 Å². The zero-order valence-corrected chi connectivity index (χ0v) is 12.0. The zero-order chi connectivity index (χ0) is 14.4. The molecule has 1 amide bonds. The lowest BCUT2D eigenvalue weighted by molar-refractivity contribution is -0.0757. The molecule has 0 aliphatic rings. The van der Waals surface area contributed by atoms with Crippen LogP contribution in [0.25, 0.3) is 0 Å². The number of hydrogen-bond acceptors (Lipinski definition) is 5. The first-order valence-electron chi connectivity index (χ1n) is 6.11. The highest BCUT2D eigenvalue weighted by molar-refractivity contribution is 5.93. The topological polar surface area (TPSA) is 60.9 Å². The maximum Gasteiger partial charge on any atom is 0.277 e. The number of aromatic nitrogens is 1. The number of rotatable bonds is 6. The first-order chi connectivity index (χ1) is 8.97. The van der Waals surface area contributed by atoms with Gasteiger partial charge in [0.05, 0.1) is 25.4 Å². The Labute approximate surface area is 113 Å². The number of ether oxygens (including phenoxy) is 2. The van der Waals surface area contributed by atoms with Gasteiger partial charge in [0.2, 0.25) is 11.8 Å². The molecule has 1 heterocycles. The molecule has 0 N–H and O–H groups in total. The van der Waals surface area contributed by atoms with Gasteiger partial charge in [-0.25, -0.2) is 5.06 Å². The molecule has 0 saturated heterocycles. The number of carbonyl (C=O) groups excluding carboxylic acids is 1. The molecule has 0 aliphatic heterocycles. The van der Waals surface area contributed by atoms with Gasteiger partial charge in [-0.1, -0.05) is 0 Å². The van der Waals surface area contributed by atoms with Crippen LogP contribution in [0.15, 0.2) is 12.1 Å². The lowest BCUT2D eigenvalue weighted by Crippen LogP contribution is -2.25. The lowest BCUT2D eigenvalue weighted by Gasteiger charge is -2.16. The summed E-state index contributed by atoms with van der Waals surface area (Å²) in [5.41, 5.74) is 0.401. The molecule has 0 fully saturated rings. The molecule has 0 saturated carbocycles. The van der Waals surface area contributed by atoms with Crippen molar-refractivity contribution in [2.45, 2.75) is 26.9 Å². The SMILES string of the molecule is CCOc1cc(C(=O)N(C)OC)cc(OC(C)C)n1. The largest absolute Gasteiger partial charge is 0.478 e. The molecule has 0 unspecified atom stereocenters. The average molecular weight is 268 g/mol. The predicted octanol–water partition coefficient (Wildman–Crippen LogP) is 1.90. The van der Waals surface area contributed by atoms with Crippen LogP contribution in [-0.4, -0.2) is 42.8 Å². The van der Waals surface area contributed by atoms with Gasteiger partial charge >= 0.3 is 0 Å². The fourth-order valence-corrected chi connectivity index (χ4v) is 1.39. The maximum absolute atomic E-state index is 12.0. The van der Waals surface area contributed by atoms with Crippen LogP contribution in [0.5, 0.6) is 11.8 Å². The van der Waals surface area contributed by atoms with E-state index in [-0.39, 0.29) is 12.0 Å². The third kappa shape index (κ3) is 4.40. The lowest BCUT2D eigenvalue weighted by atomic mass is 10.2. The van der Waals surface area contributed by atoms with Crippen molar-refractivity contribution >= 4 is 5.91 Å². The molecule has 0 bridgehead atoms. The van der Waals surface area contributed by atoms with Crippen molar-refractivity contribution in [1.82, 2.24) is 10.0 Å². The maximum atomic E-state index is 12.0. The summed E-state index contributed by atoms with van der Waals surface area (Å²) in [4.78, 5) is 21.1. The molecule has 106 valence electrons. The zero-order valence-electron chi connectivity index (χ0n) is 12.0. The van der Waals surface area contributed by atoms with Gasteiger partial charge in [0.15, 0.2) is 0 Å². The van der Waals surface area contributed by atoms with E-state index in [2.05, 4.69) is 4.98 Å². The van der Waals surface area contributed by atoms with Crippen LogP contribution < -0.4 is 9.47 Å². The van der Waals surface area contributed by atoms with Crippen LogP contribution in [0, 0.1) is 0 Å². The Bertz CT molecular complexity index is 435. The normalized spacial score (nSPS) is 10.4. The number of hydroxylamine groups is 2. The Morgan fingerprint density at radius 2 is 2.00 bits per heavy atom. The Kier molecular flexibility index (Phi) is 5.57. The van der Waals surface area contributed by atoms with Crippen LogP contribution in [-0.2, 0) is 4.84 Å². The number of nitrogens with zero attached hydrogens (tertiary/aromatic N) is 2. The van der Waals surface area contributed by atoms with E-state index in [0.717, 1.165) is 5.06 Å². The minimum atomic E-state index is -0.292. The van der Waals surface area contributed by atoms with E-state index in [9.17, 15) is 4.79 Å². The highest BCUT2D eigenvalue weighted by Crippen LogP contribution is 2.20. The van der Waals surface area contributed by atoms with Gasteiger partial charge in [0.1, 0.15) is 0 Å². The van der Waals surface area contributed by atoms with E-state index < -0.39 is 0 Å². The Morgan fingerprint density at radius 3 is 2.53 bits per heavy atom. The summed E-state index contributed by atoms with van der Waals surface area (Å²) in [5.74, 6) is 0.418. The Morgan fingerprint density at radius 1 is 1.37 bits per heavy atom. The highest BCUT2D eigenvalue weighted by atomic mass is 16.7. The molecule has 1 aromatic rings. The van der Waals surface area contributed by atoms with Crippen LogP contribution in [0.1, 0.15) is 31.1 Å². The first kappa shape index (κ1) is 15.2.